The smallest absolute Gasteiger partial charge is 0.321 e. The van der Waals surface area contributed by atoms with E-state index in [4.69, 9.17) is 5.73 Å². The van der Waals surface area contributed by atoms with Crippen molar-refractivity contribution in [3.8, 4) is 0 Å². The van der Waals surface area contributed by atoms with Crippen molar-refractivity contribution in [2.45, 2.75) is 25.8 Å². The van der Waals surface area contributed by atoms with Crippen molar-refractivity contribution in [2.24, 2.45) is 17.1 Å². The fraction of sp³-hybridized carbons (Fsp3) is 0.688. The number of nitrogens with two attached hydrogens (primary N) is 1. The molecule has 0 aromatic carbocycles. The van der Waals surface area contributed by atoms with Gasteiger partial charge in [-0.3, -0.25) is 9.48 Å². The molecule has 0 bridgehead atoms. The van der Waals surface area contributed by atoms with Crippen LogP contribution in [0.4, 0.5) is 10.5 Å². The van der Waals surface area contributed by atoms with E-state index in [0.717, 1.165) is 32.4 Å². The fourth-order valence-electron chi connectivity index (χ4n) is 3.90. The second-order valence-corrected chi connectivity index (χ2v) is 7.22. The van der Waals surface area contributed by atoms with Gasteiger partial charge in [0.2, 0.25) is 5.91 Å². The van der Waals surface area contributed by atoms with E-state index >= 15 is 0 Å². The number of carbonyl (C=O) groups is 2. The lowest BCUT2D eigenvalue weighted by atomic mass is 9.80. The molecule has 0 unspecified atom stereocenters. The van der Waals surface area contributed by atoms with Crippen LogP contribution >= 0.6 is 0 Å². The van der Waals surface area contributed by atoms with E-state index in [0.29, 0.717) is 18.8 Å². The Morgan fingerprint density at radius 3 is 2.96 bits per heavy atom. The van der Waals surface area contributed by atoms with Crippen LogP contribution in [-0.4, -0.2) is 65.2 Å². The molecule has 0 radical (unpaired) electrons. The average molecular weight is 334 g/mol. The number of rotatable bonds is 5. The minimum atomic E-state index is -0.521. The van der Waals surface area contributed by atoms with Gasteiger partial charge >= 0.3 is 6.03 Å². The summed E-state index contributed by atoms with van der Waals surface area (Å²) >= 11 is 0. The zero-order valence-corrected chi connectivity index (χ0v) is 14.4. The van der Waals surface area contributed by atoms with Gasteiger partial charge in [0.15, 0.2) is 0 Å². The van der Waals surface area contributed by atoms with E-state index in [2.05, 4.69) is 15.3 Å². The summed E-state index contributed by atoms with van der Waals surface area (Å²) in [7, 11) is 4.01. The quantitative estimate of drug-likeness (QED) is 0.822. The van der Waals surface area contributed by atoms with Crippen molar-refractivity contribution in [1.82, 2.24) is 19.6 Å². The number of likely N-dealkylation sites (tertiary alicyclic amines) is 1. The monoisotopic (exact) mass is 334 g/mol. The van der Waals surface area contributed by atoms with Gasteiger partial charge in [0.1, 0.15) is 0 Å². The molecule has 3 amide bonds. The lowest BCUT2D eigenvalue weighted by Gasteiger charge is -2.24. The highest BCUT2D eigenvalue weighted by Crippen LogP contribution is 2.48. The largest absolute Gasteiger partial charge is 0.369 e. The lowest BCUT2D eigenvalue weighted by Crippen LogP contribution is -2.42. The molecule has 132 valence electrons. The van der Waals surface area contributed by atoms with Crippen LogP contribution in [0.1, 0.15) is 19.3 Å². The van der Waals surface area contributed by atoms with Crippen LogP contribution in [0.2, 0.25) is 0 Å². The predicted octanol–water partition coefficient (Wildman–Crippen LogP) is 0.564. The number of nitrogens with zero attached hydrogens (tertiary/aromatic N) is 4. The van der Waals surface area contributed by atoms with Gasteiger partial charge in [-0.25, -0.2) is 4.79 Å². The molecule has 1 aliphatic carbocycles. The first-order chi connectivity index (χ1) is 11.4. The summed E-state index contributed by atoms with van der Waals surface area (Å²) < 4.78 is 1.80. The topological polar surface area (TPSA) is 96.5 Å². The van der Waals surface area contributed by atoms with Crippen LogP contribution in [-0.2, 0) is 11.3 Å². The van der Waals surface area contributed by atoms with Gasteiger partial charge in [0.25, 0.3) is 0 Å². The molecule has 1 saturated heterocycles. The van der Waals surface area contributed by atoms with Gasteiger partial charge in [-0.15, -0.1) is 0 Å². The van der Waals surface area contributed by atoms with Gasteiger partial charge in [0.05, 0.1) is 23.8 Å². The van der Waals surface area contributed by atoms with Crippen LogP contribution in [0.15, 0.2) is 12.4 Å². The van der Waals surface area contributed by atoms with Crippen molar-refractivity contribution in [3.63, 3.8) is 0 Å². The van der Waals surface area contributed by atoms with Gasteiger partial charge in [0, 0.05) is 25.8 Å². The van der Waals surface area contributed by atoms with Crippen LogP contribution in [0.3, 0.4) is 0 Å². The first kappa shape index (κ1) is 16.8. The number of hydrogen-bond acceptors (Lipinski definition) is 4. The minimum absolute atomic E-state index is 0.183. The van der Waals surface area contributed by atoms with Gasteiger partial charge in [-0.2, -0.15) is 5.10 Å². The Morgan fingerprint density at radius 1 is 1.50 bits per heavy atom. The first-order valence-electron chi connectivity index (χ1n) is 8.44. The summed E-state index contributed by atoms with van der Waals surface area (Å²) in [6.45, 7) is 2.67. The van der Waals surface area contributed by atoms with Crippen LogP contribution in [0, 0.1) is 11.3 Å². The molecule has 0 spiro atoms. The molecule has 3 rings (SSSR count). The maximum Gasteiger partial charge on any atom is 0.321 e. The highest BCUT2D eigenvalue weighted by Gasteiger charge is 2.54. The number of aromatic nitrogens is 2. The molecule has 8 nitrogen and oxygen atoms in total. The minimum Gasteiger partial charge on any atom is -0.369 e. The Labute approximate surface area is 142 Å². The Bertz CT molecular complexity index is 628. The summed E-state index contributed by atoms with van der Waals surface area (Å²) in [5.74, 6) is -0.0691. The SMILES string of the molecule is CN(C)CCn1cc(NC(=O)N2C[C@@H]3CCC[C@]3(C(N)=O)C2)cn1. The van der Waals surface area contributed by atoms with E-state index < -0.39 is 5.41 Å². The number of nitrogens with one attached hydrogen (secondary N) is 1. The number of anilines is 1. The molecule has 2 atom stereocenters. The van der Waals surface area contributed by atoms with Gasteiger partial charge < -0.3 is 20.9 Å². The molecule has 1 aromatic heterocycles. The van der Waals surface area contributed by atoms with Crippen molar-refractivity contribution in [2.75, 3.05) is 39.0 Å². The molecule has 1 aliphatic heterocycles. The Kier molecular flexibility index (Phi) is 4.49. The number of hydrogen-bond donors (Lipinski definition) is 2. The third-order valence-corrected chi connectivity index (χ3v) is 5.31. The van der Waals surface area contributed by atoms with Crippen molar-refractivity contribution < 1.29 is 9.59 Å². The van der Waals surface area contributed by atoms with E-state index in [1.165, 1.54) is 0 Å². The number of carbonyl (C=O) groups excluding carboxylic acids is 2. The summed E-state index contributed by atoms with van der Waals surface area (Å²) in [5, 5.41) is 7.12. The molecular weight excluding hydrogens is 308 g/mol. The molecular formula is C16H26N6O2. The van der Waals surface area contributed by atoms with E-state index in [1.807, 2.05) is 20.3 Å². The van der Waals surface area contributed by atoms with Crippen molar-refractivity contribution in [3.05, 3.63) is 12.4 Å². The van der Waals surface area contributed by atoms with Crippen LogP contribution in [0.25, 0.3) is 0 Å². The second-order valence-electron chi connectivity index (χ2n) is 7.22. The molecule has 1 aromatic rings. The van der Waals surface area contributed by atoms with E-state index in [1.54, 1.807) is 15.8 Å². The number of fused-ring (bicyclic) bond motifs is 1. The zero-order chi connectivity index (χ0) is 17.3. The first-order valence-corrected chi connectivity index (χ1v) is 8.44. The second kappa shape index (κ2) is 6.43. The van der Waals surface area contributed by atoms with Gasteiger partial charge in [-0.1, -0.05) is 6.42 Å². The van der Waals surface area contributed by atoms with Gasteiger partial charge in [-0.05, 0) is 32.9 Å². The Balaban J connectivity index is 1.59. The lowest BCUT2D eigenvalue weighted by molar-refractivity contribution is -0.128. The summed E-state index contributed by atoms with van der Waals surface area (Å²) in [6.07, 6.45) is 6.24. The van der Waals surface area contributed by atoms with Crippen LogP contribution in [0.5, 0.6) is 0 Å². The normalized spacial score (nSPS) is 26.0. The van der Waals surface area contributed by atoms with Crippen molar-refractivity contribution >= 4 is 17.6 Å². The highest BCUT2D eigenvalue weighted by atomic mass is 16.2. The standard InChI is InChI=1S/C16H26N6O2/c1-20(2)6-7-22-10-13(8-18-22)19-15(24)21-9-12-4-3-5-16(12,11-21)14(17)23/h8,10,12H,3-7,9,11H2,1-2H3,(H2,17,23)(H,19,24)/t12-,16-/m0/s1. The zero-order valence-electron chi connectivity index (χ0n) is 14.4. The third-order valence-electron chi connectivity index (χ3n) is 5.31. The summed E-state index contributed by atoms with van der Waals surface area (Å²) in [5.41, 5.74) is 5.78. The van der Waals surface area contributed by atoms with E-state index in [-0.39, 0.29) is 17.9 Å². The summed E-state index contributed by atoms with van der Waals surface area (Å²) in [6, 6.07) is -0.183. The molecule has 24 heavy (non-hydrogen) atoms. The maximum atomic E-state index is 12.5. The molecule has 1 saturated carbocycles. The Hall–Kier alpha value is -2.09. The highest BCUT2D eigenvalue weighted by molar-refractivity contribution is 5.91. The van der Waals surface area contributed by atoms with Crippen molar-refractivity contribution in [1.29, 1.82) is 0 Å². The molecule has 2 fully saturated rings. The molecule has 3 N–H and O–H groups in total. The summed E-state index contributed by atoms with van der Waals surface area (Å²) in [4.78, 5) is 28.2. The fourth-order valence-corrected chi connectivity index (χ4v) is 3.90. The average Bonchev–Trinajstić information content (AvgIpc) is 3.18. The number of likely N-dealkylation sites (N-methyl/N-ethyl adjacent to an activating group) is 1. The predicted molar refractivity (Wildman–Crippen MR) is 90.3 cm³/mol. The molecule has 8 heteroatoms. The Morgan fingerprint density at radius 2 is 2.29 bits per heavy atom. The molecule has 2 heterocycles. The van der Waals surface area contributed by atoms with Crippen LogP contribution < -0.4 is 11.1 Å². The number of amides is 3. The third kappa shape index (κ3) is 3.10. The number of primary amides is 1. The number of urea groups is 1. The van der Waals surface area contributed by atoms with E-state index in [9.17, 15) is 9.59 Å². The molecule has 2 aliphatic rings. The maximum absolute atomic E-state index is 12.5.